The number of halogens is 1. The highest BCUT2D eigenvalue weighted by Gasteiger charge is 2.37. The summed E-state index contributed by atoms with van der Waals surface area (Å²) < 4.78 is 10.7. The lowest BCUT2D eigenvalue weighted by Gasteiger charge is -2.40. The number of amides is 2. The van der Waals surface area contributed by atoms with Crippen molar-refractivity contribution in [3.05, 3.63) is 88.6 Å². The molecule has 11 heteroatoms. The topological polar surface area (TPSA) is 113 Å². The number of fused-ring (bicyclic) bond motifs is 2. The molecule has 1 fully saturated rings. The van der Waals surface area contributed by atoms with E-state index >= 15 is 0 Å². The van der Waals surface area contributed by atoms with Crippen molar-refractivity contribution < 1.29 is 19.1 Å². The molecule has 2 unspecified atom stereocenters. The Bertz CT molecular complexity index is 1410. The highest BCUT2D eigenvalue weighted by atomic mass is 35.5. The number of carbonyl (C=O) groups is 2. The predicted molar refractivity (Wildman–Crippen MR) is 169 cm³/mol. The minimum absolute atomic E-state index is 0.121. The van der Waals surface area contributed by atoms with Crippen LogP contribution in [0.25, 0.3) is 11.6 Å². The SMILES string of the molecule is C=CN(C)/C(=C\N)C(NC(=O)COC)C1=Cc2cccnc2C(N2CCN(C(=O)OC(C)(C)C)CC2)c2ccc(Cl)cc21. The van der Waals surface area contributed by atoms with Crippen molar-refractivity contribution >= 4 is 35.3 Å². The van der Waals surface area contributed by atoms with Gasteiger partial charge < -0.3 is 30.3 Å². The number of nitrogens with zero attached hydrogens (tertiary/aromatic N) is 4. The molecular weight excluding hydrogens is 568 g/mol. The van der Waals surface area contributed by atoms with Crippen LogP contribution in [0.3, 0.4) is 0 Å². The maximum atomic E-state index is 13.0. The number of aromatic nitrogens is 1. The summed E-state index contributed by atoms with van der Waals surface area (Å²) in [5.74, 6) is -0.306. The lowest BCUT2D eigenvalue weighted by Crippen LogP contribution is -2.51. The maximum absolute atomic E-state index is 13.0. The van der Waals surface area contributed by atoms with Gasteiger partial charge in [-0.15, -0.1) is 0 Å². The Balaban J connectivity index is 1.81. The molecule has 1 saturated heterocycles. The van der Waals surface area contributed by atoms with E-state index in [1.165, 1.54) is 13.3 Å². The van der Waals surface area contributed by atoms with Crippen molar-refractivity contribution in [2.45, 2.75) is 38.5 Å². The van der Waals surface area contributed by atoms with Gasteiger partial charge in [-0.1, -0.05) is 30.3 Å². The molecule has 2 amide bonds. The van der Waals surface area contributed by atoms with E-state index in [1.807, 2.05) is 64.2 Å². The van der Waals surface area contributed by atoms with Crippen LogP contribution in [0.4, 0.5) is 4.79 Å². The number of hydrogen-bond donors (Lipinski definition) is 2. The smallest absolute Gasteiger partial charge is 0.410 e. The van der Waals surface area contributed by atoms with Gasteiger partial charge in [0.05, 0.1) is 23.5 Å². The molecule has 0 spiro atoms. The predicted octanol–water partition coefficient (Wildman–Crippen LogP) is 4.24. The third kappa shape index (κ3) is 7.38. The van der Waals surface area contributed by atoms with E-state index < -0.39 is 11.6 Å². The highest BCUT2D eigenvalue weighted by molar-refractivity contribution is 6.30. The fourth-order valence-electron chi connectivity index (χ4n) is 5.46. The van der Waals surface area contributed by atoms with Crippen molar-refractivity contribution in [1.29, 1.82) is 0 Å². The summed E-state index contributed by atoms with van der Waals surface area (Å²) in [4.78, 5) is 36.4. The maximum Gasteiger partial charge on any atom is 0.410 e. The quantitative estimate of drug-likeness (QED) is 0.458. The van der Waals surface area contributed by atoms with E-state index in [2.05, 4.69) is 16.8 Å². The monoisotopic (exact) mass is 608 g/mol. The molecule has 1 aromatic carbocycles. The van der Waals surface area contributed by atoms with Crippen LogP contribution >= 0.6 is 11.6 Å². The van der Waals surface area contributed by atoms with E-state index in [1.54, 1.807) is 22.2 Å². The number of hydrogen-bond acceptors (Lipinski definition) is 8. The molecular formula is C32H41ClN6O4. The standard InChI is InChI=1S/C32H41ClN6O4/c1-7-37(5)26(19-34)29(36-27(40)20-42-6)25-17-21-9-8-12-35-28(21)30(23-11-10-22(33)18-24(23)25)38-13-15-39(16-14-38)31(41)43-32(2,3)4/h7-12,17-19,29-30H,1,13-16,20,34H2,2-6H3,(H,36,40)/b26-19-. The third-order valence-corrected chi connectivity index (χ3v) is 7.67. The number of ether oxygens (including phenoxy) is 2. The van der Waals surface area contributed by atoms with E-state index in [4.69, 9.17) is 31.8 Å². The number of benzene rings is 1. The summed E-state index contributed by atoms with van der Waals surface area (Å²) >= 11 is 6.62. The Labute approximate surface area is 258 Å². The number of likely N-dealkylation sites (N-methyl/N-ethyl adjacent to an activating group) is 1. The van der Waals surface area contributed by atoms with Gasteiger partial charge in [-0.25, -0.2) is 4.79 Å². The minimum atomic E-state index is -0.663. The number of nitrogens with two attached hydrogens (primary N) is 1. The Morgan fingerprint density at radius 2 is 1.98 bits per heavy atom. The van der Waals surface area contributed by atoms with Crippen LogP contribution in [-0.4, -0.2) is 90.3 Å². The lowest BCUT2D eigenvalue weighted by molar-refractivity contribution is -0.124. The molecule has 3 N–H and O–H groups in total. The summed E-state index contributed by atoms with van der Waals surface area (Å²) in [6, 6.07) is 8.79. The molecule has 10 nitrogen and oxygen atoms in total. The van der Waals surface area contributed by atoms with E-state index in [-0.39, 0.29) is 24.6 Å². The molecule has 1 aliphatic carbocycles. The fourth-order valence-corrected chi connectivity index (χ4v) is 5.63. The van der Waals surface area contributed by atoms with Gasteiger partial charge in [0.25, 0.3) is 0 Å². The molecule has 0 bridgehead atoms. The third-order valence-electron chi connectivity index (χ3n) is 7.43. The second-order valence-electron chi connectivity index (χ2n) is 11.5. The number of rotatable bonds is 8. The zero-order chi connectivity index (χ0) is 31.3. The molecule has 4 rings (SSSR count). The summed E-state index contributed by atoms with van der Waals surface area (Å²) in [7, 11) is 3.29. The van der Waals surface area contributed by atoms with Gasteiger partial charge in [0, 0.05) is 57.8 Å². The van der Waals surface area contributed by atoms with Crippen LogP contribution in [0.1, 0.15) is 49.2 Å². The molecule has 1 aliphatic heterocycles. The first kappa shape index (κ1) is 32.1. The Morgan fingerprint density at radius 1 is 1.26 bits per heavy atom. The first-order valence-corrected chi connectivity index (χ1v) is 14.6. The van der Waals surface area contributed by atoms with Crippen molar-refractivity contribution in [3.63, 3.8) is 0 Å². The first-order chi connectivity index (χ1) is 20.5. The van der Waals surface area contributed by atoms with Gasteiger partial charge in [0.15, 0.2) is 0 Å². The molecule has 2 aliphatic rings. The van der Waals surface area contributed by atoms with Crippen molar-refractivity contribution in [1.82, 2.24) is 25.0 Å². The van der Waals surface area contributed by atoms with E-state index in [0.717, 1.165) is 28.0 Å². The molecule has 43 heavy (non-hydrogen) atoms. The molecule has 2 aromatic rings. The van der Waals surface area contributed by atoms with Crippen molar-refractivity contribution in [2.24, 2.45) is 5.73 Å². The Hall–Kier alpha value is -3.86. The molecule has 0 saturated carbocycles. The van der Waals surface area contributed by atoms with Gasteiger partial charge in [-0.2, -0.15) is 0 Å². The Morgan fingerprint density at radius 3 is 2.60 bits per heavy atom. The highest BCUT2D eigenvalue weighted by Crippen LogP contribution is 2.42. The van der Waals surface area contributed by atoms with Crippen LogP contribution in [0.2, 0.25) is 5.02 Å². The number of carbonyl (C=O) groups excluding carboxylic acids is 2. The second-order valence-corrected chi connectivity index (χ2v) is 12.0. The van der Waals surface area contributed by atoms with E-state index in [9.17, 15) is 9.59 Å². The average molecular weight is 609 g/mol. The normalized spacial score (nSPS) is 18.0. The first-order valence-electron chi connectivity index (χ1n) is 14.2. The number of pyridine rings is 1. The Kier molecular flexibility index (Phi) is 10.2. The van der Waals surface area contributed by atoms with Crippen LogP contribution in [-0.2, 0) is 14.3 Å². The largest absolute Gasteiger partial charge is 0.444 e. The van der Waals surface area contributed by atoms with Gasteiger partial charge in [0.1, 0.15) is 12.2 Å². The van der Waals surface area contributed by atoms with Crippen LogP contribution in [0.5, 0.6) is 0 Å². The number of nitrogens with one attached hydrogen (secondary N) is 1. The summed E-state index contributed by atoms with van der Waals surface area (Å²) in [5, 5.41) is 3.65. The average Bonchev–Trinajstić information content (AvgIpc) is 3.10. The molecule has 2 atom stereocenters. The van der Waals surface area contributed by atoms with Gasteiger partial charge >= 0.3 is 6.09 Å². The van der Waals surface area contributed by atoms with Gasteiger partial charge in [-0.05, 0) is 73.5 Å². The second kappa shape index (κ2) is 13.6. The summed E-state index contributed by atoms with van der Waals surface area (Å²) in [6.07, 6.45) is 6.60. The lowest BCUT2D eigenvalue weighted by atomic mass is 9.89. The van der Waals surface area contributed by atoms with Crippen LogP contribution < -0.4 is 11.1 Å². The molecule has 2 heterocycles. The van der Waals surface area contributed by atoms with Crippen molar-refractivity contribution in [2.75, 3.05) is 46.9 Å². The van der Waals surface area contributed by atoms with Gasteiger partial charge in [-0.3, -0.25) is 14.7 Å². The fraction of sp³-hybridized carbons (Fsp3) is 0.406. The van der Waals surface area contributed by atoms with Gasteiger partial charge in [0.2, 0.25) is 5.91 Å². The van der Waals surface area contributed by atoms with E-state index in [0.29, 0.717) is 36.9 Å². The summed E-state index contributed by atoms with van der Waals surface area (Å²) in [6.45, 7) is 11.6. The zero-order valence-corrected chi connectivity index (χ0v) is 26.2. The van der Waals surface area contributed by atoms with Crippen molar-refractivity contribution in [3.8, 4) is 0 Å². The molecule has 230 valence electrons. The number of piperazine rings is 1. The zero-order valence-electron chi connectivity index (χ0n) is 25.5. The summed E-state index contributed by atoms with van der Waals surface area (Å²) in [5.41, 5.74) is 10.6. The molecule has 0 radical (unpaired) electrons. The number of methoxy groups -OCH3 is 1. The molecule has 1 aromatic heterocycles. The van der Waals surface area contributed by atoms with Crippen LogP contribution in [0, 0.1) is 0 Å². The van der Waals surface area contributed by atoms with Crippen LogP contribution in [0.15, 0.2) is 61.2 Å². The minimum Gasteiger partial charge on any atom is -0.444 e.